The van der Waals surface area contributed by atoms with Gasteiger partial charge < -0.3 is 10.2 Å². The maximum atomic E-state index is 13.3. The van der Waals surface area contributed by atoms with Gasteiger partial charge in [0, 0.05) is 25.2 Å². The van der Waals surface area contributed by atoms with E-state index in [1.54, 1.807) is 50.2 Å². The van der Waals surface area contributed by atoms with Crippen LogP contribution in [-0.4, -0.2) is 55.6 Å². The van der Waals surface area contributed by atoms with Crippen molar-refractivity contribution in [1.82, 2.24) is 14.5 Å². The van der Waals surface area contributed by atoms with E-state index in [0.29, 0.717) is 11.6 Å². The smallest absolute Gasteiger partial charge is 0.243 e. The van der Waals surface area contributed by atoms with Gasteiger partial charge in [0.2, 0.25) is 21.8 Å². The SMILES string of the molecule is CCNC(=O)[C@@H](C)N(Cc1cccc(Cl)c1)C(=O)CN(C)S(=O)(=O)c1ccc2ccccc2c1. The van der Waals surface area contributed by atoms with E-state index in [9.17, 15) is 18.0 Å². The minimum atomic E-state index is -3.93. The molecule has 0 aliphatic carbocycles. The summed E-state index contributed by atoms with van der Waals surface area (Å²) in [5, 5.41) is 4.93. The number of carbonyl (C=O) groups excluding carboxylic acids is 2. The van der Waals surface area contributed by atoms with E-state index in [4.69, 9.17) is 11.6 Å². The molecule has 0 radical (unpaired) electrons. The van der Waals surface area contributed by atoms with Gasteiger partial charge in [-0.1, -0.05) is 54.1 Å². The summed E-state index contributed by atoms with van der Waals surface area (Å²) < 4.78 is 27.4. The maximum absolute atomic E-state index is 13.3. The van der Waals surface area contributed by atoms with Crippen molar-refractivity contribution < 1.29 is 18.0 Å². The number of hydrogen-bond donors (Lipinski definition) is 1. The molecule has 180 valence electrons. The van der Waals surface area contributed by atoms with Crippen LogP contribution in [0.1, 0.15) is 19.4 Å². The molecule has 0 aromatic heterocycles. The van der Waals surface area contributed by atoms with Gasteiger partial charge in [-0.2, -0.15) is 4.31 Å². The molecule has 0 heterocycles. The molecule has 0 spiro atoms. The number of carbonyl (C=O) groups is 2. The van der Waals surface area contributed by atoms with Crippen LogP contribution in [0.25, 0.3) is 10.8 Å². The zero-order valence-electron chi connectivity index (χ0n) is 19.4. The van der Waals surface area contributed by atoms with Crippen LogP contribution in [0.3, 0.4) is 0 Å². The second-order valence-electron chi connectivity index (χ2n) is 7.99. The lowest BCUT2D eigenvalue weighted by Crippen LogP contribution is -2.50. The van der Waals surface area contributed by atoms with E-state index < -0.39 is 28.5 Å². The summed E-state index contributed by atoms with van der Waals surface area (Å²) in [6, 6.07) is 18.5. The fourth-order valence-corrected chi connectivity index (χ4v) is 4.98. The van der Waals surface area contributed by atoms with Crippen molar-refractivity contribution in [2.45, 2.75) is 31.3 Å². The van der Waals surface area contributed by atoms with Gasteiger partial charge in [-0.15, -0.1) is 0 Å². The number of benzene rings is 3. The third kappa shape index (κ3) is 5.94. The number of halogens is 1. The predicted molar refractivity (Wildman–Crippen MR) is 134 cm³/mol. The van der Waals surface area contributed by atoms with E-state index in [1.165, 1.54) is 18.0 Å². The highest BCUT2D eigenvalue weighted by Gasteiger charge is 2.30. The lowest BCUT2D eigenvalue weighted by Gasteiger charge is -2.30. The van der Waals surface area contributed by atoms with Crippen LogP contribution < -0.4 is 5.32 Å². The molecule has 7 nitrogen and oxygen atoms in total. The van der Waals surface area contributed by atoms with E-state index in [0.717, 1.165) is 20.6 Å². The van der Waals surface area contributed by atoms with Gasteiger partial charge in [0.15, 0.2) is 0 Å². The molecule has 9 heteroatoms. The van der Waals surface area contributed by atoms with Crippen molar-refractivity contribution in [3.8, 4) is 0 Å². The molecule has 3 aromatic carbocycles. The fraction of sp³-hybridized carbons (Fsp3) is 0.280. The largest absolute Gasteiger partial charge is 0.355 e. The first-order chi connectivity index (χ1) is 16.1. The molecule has 0 saturated heterocycles. The van der Waals surface area contributed by atoms with Crippen molar-refractivity contribution in [3.05, 3.63) is 77.3 Å². The molecule has 2 amide bonds. The summed E-state index contributed by atoms with van der Waals surface area (Å²) >= 11 is 6.08. The van der Waals surface area contributed by atoms with Crippen molar-refractivity contribution in [2.24, 2.45) is 0 Å². The third-order valence-corrected chi connectivity index (χ3v) is 7.58. The van der Waals surface area contributed by atoms with Crippen molar-refractivity contribution in [1.29, 1.82) is 0 Å². The Morgan fingerprint density at radius 2 is 1.71 bits per heavy atom. The van der Waals surface area contributed by atoms with Crippen LogP contribution in [0.5, 0.6) is 0 Å². The Morgan fingerprint density at radius 1 is 1.00 bits per heavy atom. The molecule has 0 unspecified atom stereocenters. The summed E-state index contributed by atoms with van der Waals surface area (Å²) in [7, 11) is -2.57. The summed E-state index contributed by atoms with van der Waals surface area (Å²) in [6.07, 6.45) is 0. The molecule has 3 aromatic rings. The Hall–Kier alpha value is -2.94. The molecule has 0 bridgehead atoms. The average molecular weight is 502 g/mol. The van der Waals surface area contributed by atoms with Crippen molar-refractivity contribution in [3.63, 3.8) is 0 Å². The molecule has 0 fully saturated rings. The fourth-order valence-electron chi connectivity index (χ4n) is 3.61. The van der Waals surface area contributed by atoms with Gasteiger partial charge in [0.25, 0.3) is 0 Å². The number of likely N-dealkylation sites (N-methyl/N-ethyl adjacent to an activating group) is 2. The molecule has 1 atom stereocenters. The molecular weight excluding hydrogens is 474 g/mol. The Bertz CT molecular complexity index is 1300. The molecular formula is C25H28ClN3O4S. The molecule has 0 aliphatic heterocycles. The zero-order chi connectivity index (χ0) is 24.9. The zero-order valence-corrected chi connectivity index (χ0v) is 20.9. The lowest BCUT2D eigenvalue weighted by atomic mass is 10.1. The molecule has 0 aliphatic rings. The highest BCUT2D eigenvalue weighted by Crippen LogP contribution is 2.22. The van der Waals surface area contributed by atoms with Gasteiger partial charge in [-0.25, -0.2) is 8.42 Å². The van der Waals surface area contributed by atoms with Gasteiger partial charge in [-0.05, 0) is 54.4 Å². The van der Waals surface area contributed by atoms with Crippen LogP contribution in [0.4, 0.5) is 0 Å². The van der Waals surface area contributed by atoms with E-state index >= 15 is 0 Å². The second-order valence-corrected chi connectivity index (χ2v) is 10.5. The van der Waals surface area contributed by atoms with Crippen molar-refractivity contribution in [2.75, 3.05) is 20.1 Å². The number of sulfonamides is 1. The van der Waals surface area contributed by atoms with Crippen LogP contribution >= 0.6 is 11.6 Å². The quantitative estimate of drug-likeness (QED) is 0.484. The molecule has 34 heavy (non-hydrogen) atoms. The maximum Gasteiger partial charge on any atom is 0.243 e. The Kier molecular flexibility index (Phi) is 8.30. The molecule has 3 rings (SSSR count). The highest BCUT2D eigenvalue weighted by molar-refractivity contribution is 7.89. The van der Waals surface area contributed by atoms with Crippen molar-refractivity contribution >= 4 is 44.2 Å². The summed E-state index contributed by atoms with van der Waals surface area (Å²) in [5.41, 5.74) is 0.733. The third-order valence-electron chi connectivity index (χ3n) is 5.55. The predicted octanol–water partition coefficient (Wildman–Crippen LogP) is 3.67. The first-order valence-corrected chi connectivity index (χ1v) is 12.7. The first-order valence-electron chi connectivity index (χ1n) is 10.9. The number of rotatable bonds is 9. The second kappa shape index (κ2) is 11.0. The number of nitrogens with one attached hydrogen (secondary N) is 1. The van der Waals surface area contributed by atoms with Crippen LogP contribution in [0.2, 0.25) is 5.02 Å². The summed E-state index contributed by atoms with van der Waals surface area (Å²) in [5.74, 6) is -0.816. The van der Waals surface area contributed by atoms with E-state index in [2.05, 4.69) is 5.32 Å². The minimum absolute atomic E-state index is 0.0969. The van der Waals surface area contributed by atoms with Gasteiger partial charge >= 0.3 is 0 Å². The minimum Gasteiger partial charge on any atom is -0.355 e. The van der Waals surface area contributed by atoms with Gasteiger partial charge in [0.05, 0.1) is 11.4 Å². The summed E-state index contributed by atoms with van der Waals surface area (Å²) in [6.45, 7) is 3.52. The average Bonchev–Trinajstić information content (AvgIpc) is 2.81. The number of hydrogen-bond acceptors (Lipinski definition) is 4. The molecule has 1 N–H and O–H groups in total. The van der Waals surface area contributed by atoms with Crippen LogP contribution in [0, 0.1) is 0 Å². The van der Waals surface area contributed by atoms with E-state index in [-0.39, 0.29) is 17.3 Å². The highest BCUT2D eigenvalue weighted by atomic mass is 35.5. The monoisotopic (exact) mass is 501 g/mol. The number of fused-ring (bicyclic) bond motifs is 1. The van der Waals surface area contributed by atoms with E-state index in [1.807, 2.05) is 24.3 Å². The van der Waals surface area contributed by atoms with Crippen LogP contribution in [0.15, 0.2) is 71.6 Å². The van der Waals surface area contributed by atoms with Crippen LogP contribution in [-0.2, 0) is 26.2 Å². The lowest BCUT2D eigenvalue weighted by molar-refractivity contribution is -0.140. The Morgan fingerprint density at radius 3 is 2.38 bits per heavy atom. The molecule has 0 saturated carbocycles. The first kappa shape index (κ1) is 25.7. The number of amides is 2. The standard InChI is InChI=1S/C25H28ClN3O4S/c1-4-27-25(31)18(2)29(16-19-8-7-11-22(26)14-19)24(30)17-28(3)34(32,33)23-13-12-20-9-5-6-10-21(20)15-23/h5-15,18H,4,16-17H2,1-3H3,(H,27,31)/t18-/m1/s1. The summed E-state index contributed by atoms with van der Waals surface area (Å²) in [4.78, 5) is 27.3. The van der Waals surface area contributed by atoms with Gasteiger partial charge in [-0.3, -0.25) is 9.59 Å². The topological polar surface area (TPSA) is 86.8 Å². The Labute approximate surface area is 205 Å². The van der Waals surface area contributed by atoms with Gasteiger partial charge in [0.1, 0.15) is 6.04 Å². The normalized spacial score (nSPS) is 12.5. The Balaban J connectivity index is 1.85. The number of nitrogens with zero attached hydrogens (tertiary/aromatic N) is 2.